The van der Waals surface area contributed by atoms with E-state index in [0.717, 1.165) is 10.8 Å². The van der Waals surface area contributed by atoms with Gasteiger partial charge in [0.25, 0.3) is 0 Å². The summed E-state index contributed by atoms with van der Waals surface area (Å²) < 4.78 is 35.7. The highest BCUT2D eigenvalue weighted by atomic mass is 32.2. The van der Waals surface area contributed by atoms with Gasteiger partial charge in [0.2, 0.25) is 0 Å². The first kappa shape index (κ1) is 18.4. The molecule has 0 unspecified atom stereocenters. The number of benzene rings is 2. The maximum absolute atomic E-state index is 12.5. The Morgan fingerprint density at radius 2 is 1.77 bits per heavy atom. The van der Waals surface area contributed by atoms with E-state index in [1.807, 2.05) is 30.3 Å². The number of rotatable bonds is 8. The zero-order valence-corrected chi connectivity index (χ0v) is 15.9. The second kappa shape index (κ2) is 8.33. The summed E-state index contributed by atoms with van der Waals surface area (Å²) in [7, 11) is -1.76. The molecule has 0 aliphatic rings. The molecule has 0 saturated carbocycles. The molecule has 136 valence electrons. The smallest absolute Gasteiger partial charge is 0.160 e. The molecule has 3 rings (SSSR count). The lowest BCUT2D eigenvalue weighted by Crippen LogP contribution is -2.08. The minimum Gasteiger partial charge on any atom is -0.497 e. The van der Waals surface area contributed by atoms with Crippen molar-refractivity contribution in [2.75, 3.05) is 7.11 Å². The number of methoxy groups -OCH3 is 1. The predicted molar refractivity (Wildman–Crippen MR) is 102 cm³/mol. The molecule has 0 N–H and O–H groups in total. The minimum atomic E-state index is -3.32. The molecule has 3 aromatic rings. The Morgan fingerprint density at radius 1 is 1.00 bits per heavy atom. The van der Waals surface area contributed by atoms with Crippen molar-refractivity contribution in [3.8, 4) is 11.5 Å². The molecule has 2 aromatic carbocycles. The molecule has 0 aliphatic heterocycles. The fourth-order valence-electron chi connectivity index (χ4n) is 2.44. The quantitative estimate of drug-likeness (QED) is 0.585. The van der Waals surface area contributed by atoms with Crippen LogP contribution >= 0.6 is 11.3 Å². The van der Waals surface area contributed by atoms with Crippen molar-refractivity contribution in [3.05, 3.63) is 76.2 Å². The third-order valence-corrected chi connectivity index (χ3v) is 5.97. The average molecular weight is 389 g/mol. The first-order valence-corrected chi connectivity index (χ1v) is 10.7. The molecule has 0 amide bonds. The van der Waals surface area contributed by atoms with Gasteiger partial charge in [0, 0.05) is 5.38 Å². The van der Waals surface area contributed by atoms with E-state index < -0.39 is 9.84 Å². The first-order valence-electron chi connectivity index (χ1n) is 7.98. The Hall–Kier alpha value is -2.38. The van der Waals surface area contributed by atoms with Gasteiger partial charge in [-0.15, -0.1) is 11.3 Å². The van der Waals surface area contributed by atoms with Crippen LogP contribution in [0.5, 0.6) is 11.5 Å². The largest absolute Gasteiger partial charge is 0.497 e. The molecule has 0 aliphatic carbocycles. The van der Waals surface area contributed by atoms with Gasteiger partial charge in [-0.3, -0.25) is 0 Å². The molecule has 1 heterocycles. The van der Waals surface area contributed by atoms with E-state index in [0.29, 0.717) is 23.6 Å². The van der Waals surface area contributed by atoms with E-state index in [9.17, 15) is 8.42 Å². The molecule has 1 aromatic heterocycles. The number of aromatic nitrogens is 1. The monoisotopic (exact) mass is 389 g/mol. The van der Waals surface area contributed by atoms with Crippen LogP contribution in [0.25, 0.3) is 0 Å². The molecular formula is C19H19NO4S2. The topological polar surface area (TPSA) is 65.5 Å². The van der Waals surface area contributed by atoms with Gasteiger partial charge >= 0.3 is 0 Å². The maximum Gasteiger partial charge on any atom is 0.160 e. The third-order valence-electron chi connectivity index (χ3n) is 3.59. The van der Waals surface area contributed by atoms with Crippen LogP contribution in [0.15, 0.2) is 60.0 Å². The van der Waals surface area contributed by atoms with Gasteiger partial charge in [-0.2, -0.15) is 0 Å². The van der Waals surface area contributed by atoms with Crippen molar-refractivity contribution in [1.29, 1.82) is 0 Å². The molecule has 26 heavy (non-hydrogen) atoms. The number of sulfone groups is 1. The fraction of sp³-hybridized carbons (Fsp3) is 0.211. The molecule has 0 atom stereocenters. The van der Waals surface area contributed by atoms with Crippen LogP contribution in [0.3, 0.4) is 0 Å². The molecule has 7 heteroatoms. The van der Waals surface area contributed by atoms with Crippen molar-refractivity contribution >= 4 is 21.2 Å². The maximum atomic E-state index is 12.5. The van der Waals surface area contributed by atoms with Gasteiger partial charge in [-0.25, -0.2) is 13.4 Å². The van der Waals surface area contributed by atoms with Crippen LogP contribution in [0, 0.1) is 0 Å². The number of nitrogens with zero attached hydrogens (tertiary/aromatic N) is 1. The number of hydrogen-bond acceptors (Lipinski definition) is 6. The van der Waals surface area contributed by atoms with Gasteiger partial charge in [-0.1, -0.05) is 30.3 Å². The molecule has 0 saturated heterocycles. The zero-order chi connectivity index (χ0) is 18.4. The van der Waals surface area contributed by atoms with Crippen LogP contribution in [0.1, 0.15) is 16.3 Å². The second-order valence-corrected chi connectivity index (χ2v) is 8.73. The van der Waals surface area contributed by atoms with Crippen LogP contribution in [-0.4, -0.2) is 20.5 Å². The minimum absolute atomic E-state index is 0.0441. The van der Waals surface area contributed by atoms with Crippen molar-refractivity contribution in [2.45, 2.75) is 18.1 Å². The van der Waals surface area contributed by atoms with Crippen LogP contribution in [-0.2, 0) is 27.9 Å². The summed E-state index contributed by atoms with van der Waals surface area (Å²) >= 11 is 1.40. The standard InChI is InChI=1S/C19H19NO4S2/c1-23-18-9-5-6-15(10-18)13-26(21,22)14-16-12-25-19(20-16)11-24-17-7-3-2-4-8-17/h2-10,12H,11,13-14H2,1H3. The Labute approximate surface area is 157 Å². The summed E-state index contributed by atoms with van der Waals surface area (Å²) in [6.07, 6.45) is 0. The number of thiazole rings is 1. The molecule has 0 radical (unpaired) electrons. The van der Waals surface area contributed by atoms with Crippen molar-refractivity contribution in [2.24, 2.45) is 0 Å². The van der Waals surface area contributed by atoms with E-state index in [2.05, 4.69) is 4.98 Å². The van der Waals surface area contributed by atoms with Gasteiger partial charge in [0.15, 0.2) is 9.84 Å². The first-order chi connectivity index (χ1) is 12.5. The summed E-state index contributed by atoms with van der Waals surface area (Å²) in [5, 5.41) is 2.52. The van der Waals surface area contributed by atoms with Crippen LogP contribution in [0.2, 0.25) is 0 Å². The zero-order valence-electron chi connectivity index (χ0n) is 14.3. The van der Waals surface area contributed by atoms with E-state index in [-0.39, 0.29) is 11.5 Å². The molecular weight excluding hydrogens is 370 g/mol. The molecule has 0 spiro atoms. The van der Waals surface area contributed by atoms with Crippen molar-refractivity contribution in [1.82, 2.24) is 4.98 Å². The van der Waals surface area contributed by atoms with Gasteiger partial charge in [-0.05, 0) is 29.8 Å². The summed E-state index contributed by atoms with van der Waals surface area (Å²) in [6.45, 7) is 0.324. The average Bonchev–Trinajstić information content (AvgIpc) is 3.07. The molecule has 0 fully saturated rings. The molecule has 0 bridgehead atoms. The van der Waals surface area contributed by atoms with Crippen molar-refractivity contribution < 1.29 is 17.9 Å². The lowest BCUT2D eigenvalue weighted by atomic mass is 10.2. The summed E-state index contributed by atoms with van der Waals surface area (Å²) in [6, 6.07) is 16.5. The van der Waals surface area contributed by atoms with Crippen LogP contribution in [0.4, 0.5) is 0 Å². The fourth-order valence-corrected chi connectivity index (χ4v) is 4.63. The Bertz CT molecular complexity index is 952. The van der Waals surface area contributed by atoms with E-state index >= 15 is 0 Å². The SMILES string of the molecule is COc1cccc(CS(=O)(=O)Cc2csc(COc3ccccc3)n2)c1. The Kier molecular flexibility index (Phi) is 5.90. The number of hydrogen-bond donors (Lipinski definition) is 0. The number of para-hydroxylation sites is 1. The summed E-state index contributed by atoms with van der Waals surface area (Å²) in [5.74, 6) is 1.27. The molecule has 5 nitrogen and oxygen atoms in total. The van der Waals surface area contributed by atoms with Crippen LogP contribution < -0.4 is 9.47 Å². The predicted octanol–water partition coefficient (Wildman–Crippen LogP) is 3.85. The highest BCUT2D eigenvalue weighted by molar-refractivity contribution is 7.89. The third kappa shape index (κ3) is 5.31. The Morgan fingerprint density at radius 3 is 2.54 bits per heavy atom. The highest BCUT2D eigenvalue weighted by Crippen LogP contribution is 2.19. The normalized spacial score (nSPS) is 11.3. The lowest BCUT2D eigenvalue weighted by Gasteiger charge is -2.05. The summed E-state index contributed by atoms with van der Waals surface area (Å²) in [4.78, 5) is 4.38. The highest BCUT2D eigenvalue weighted by Gasteiger charge is 2.16. The van der Waals surface area contributed by atoms with E-state index in [1.54, 1.807) is 36.8 Å². The Balaban J connectivity index is 1.60. The van der Waals surface area contributed by atoms with E-state index in [1.165, 1.54) is 11.3 Å². The second-order valence-electron chi connectivity index (χ2n) is 5.72. The van der Waals surface area contributed by atoms with Crippen molar-refractivity contribution in [3.63, 3.8) is 0 Å². The van der Waals surface area contributed by atoms with Gasteiger partial charge in [0.1, 0.15) is 23.1 Å². The van der Waals surface area contributed by atoms with E-state index in [4.69, 9.17) is 9.47 Å². The van der Waals surface area contributed by atoms with Gasteiger partial charge in [0.05, 0.1) is 24.3 Å². The number of ether oxygens (including phenoxy) is 2. The summed E-state index contributed by atoms with van der Waals surface area (Å²) in [5.41, 5.74) is 1.25. The lowest BCUT2D eigenvalue weighted by molar-refractivity contribution is 0.305. The van der Waals surface area contributed by atoms with Gasteiger partial charge < -0.3 is 9.47 Å².